The molecule has 0 saturated carbocycles. The number of aromatic hydroxyl groups is 2. The highest BCUT2D eigenvalue weighted by molar-refractivity contribution is 5.97. The number of hydrogen-bond acceptors (Lipinski definition) is 4. The third-order valence-corrected chi connectivity index (χ3v) is 2.83. The first-order valence-corrected chi connectivity index (χ1v) is 5.55. The maximum Gasteiger partial charge on any atom is 0.255 e. The largest absolute Gasteiger partial charge is 0.504 e. The van der Waals surface area contributed by atoms with E-state index in [1.165, 1.54) is 18.2 Å². The van der Waals surface area contributed by atoms with Crippen molar-refractivity contribution >= 4 is 5.91 Å². The second-order valence-corrected chi connectivity index (χ2v) is 4.11. The number of carbonyl (C=O) groups is 1. The number of nitrogens with one attached hydrogen (secondary N) is 1. The zero-order valence-corrected chi connectivity index (χ0v) is 9.35. The molecule has 92 valence electrons. The van der Waals surface area contributed by atoms with Gasteiger partial charge in [0, 0.05) is 19.1 Å². The summed E-state index contributed by atoms with van der Waals surface area (Å²) in [4.78, 5) is 11.8. The van der Waals surface area contributed by atoms with Crippen molar-refractivity contribution in [1.29, 1.82) is 0 Å². The van der Waals surface area contributed by atoms with Crippen LogP contribution in [-0.2, 0) is 4.74 Å². The monoisotopic (exact) mass is 237 g/mol. The van der Waals surface area contributed by atoms with Crippen LogP contribution in [0.15, 0.2) is 18.2 Å². The first-order valence-electron chi connectivity index (χ1n) is 5.55. The molecule has 1 amide bonds. The van der Waals surface area contributed by atoms with Crippen LogP contribution in [0.2, 0.25) is 0 Å². The normalized spacial score (nSPS) is 19.2. The van der Waals surface area contributed by atoms with E-state index in [4.69, 9.17) is 4.74 Å². The molecule has 1 heterocycles. The van der Waals surface area contributed by atoms with Crippen molar-refractivity contribution in [2.24, 2.45) is 5.92 Å². The van der Waals surface area contributed by atoms with E-state index in [1.54, 1.807) is 0 Å². The molecule has 5 nitrogen and oxygen atoms in total. The highest BCUT2D eigenvalue weighted by Crippen LogP contribution is 2.27. The highest BCUT2D eigenvalue weighted by Gasteiger charge is 2.18. The summed E-state index contributed by atoms with van der Waals surface area (Å²) in [5.41, 5.74) is 0.0870. The molecule has 1 aromatic rings. The Bertz CT molecular complexity index is 413. The quantitative estimate of drug-likeness (QED) is 0.681. The van der Waals surface area contributed by atoms with Crippen molar-refractivity contribution in [2.45, 2.75) is 6.42 Å². The molecule has 0 spiro atoms. The Morgan fingerprint density at radius 3 is 3.00 bits per heavy atom. The number of rotatable bonds is 3. The summed E-state index contributed by atoms with van der Waals surface area (Å²) in [6.45, 7) is 1.91. The van der Waals surface area contributed by atoms with Gasteiger partial charge in [-0.15, -0.1) is 0 Å². The number of amides is 1. The lowest BCUT2D eigenvalue weighted by Crippen LogP contribution is -2.29. The van der Waals surface area contributed by atoms with Crippen LogP contribution in [0.4, 0.5) is 0 Å². The van der Waals surface area contributed by atoms with E-state index < -0.39 is 0 Å². The summed E-state index contributed by atoms with van der Waals surface area (Å²) in [5, 5.41) is 21.5. The third kappa shape index (κ3) is 2.68. The number of phenols is 2. The fraction of sp³-hybridized carbons (Fsp3) is 0.417. The second kappa shape index (κ2) is 5.05. The van der Waals surface area contributed by atoms with Gasteiger partial charge in [0.2, 0.25) is 0 Å². The molecule has 17 heavy (non-hydrogen) atoms. The van der Waals surface area contributed by atoms with Gasteiger partial charge in [0.05, 0.1) is 12.2 Å². The van der Waals surface area contributed by atoms with Gasteiger partial charge < -0.3 is 20.3 Å². The predicted octanol–water partition coefficient (Wildman–Crippen LogP) is 0.864. The fourth-order valence-electron chi connectivity index (χ4n) is 1.79. The van der Waals surface area contributed by atoms with Crippen molar-refractivity contribution in [3.8, 4) is 11.5 Å². The molecule has 0 aromatic heterocycles. The summed E-state index contributed by atoms with van der Waals surface area (Å²) in [7, 11) is 0. The Morgan fingerprint density at radius 1 is 1.47 bits per heavy atom. The van der Waals surface area contributed by atoms with Gasteiger partial charge in [-0.25, -0.2) is 0 Å². The average Bonchev–Trinajstić information content (AvgIpc) is 2.82. The highest BCUT2D eigenvalue weighted by atomic mass is 16.5. The van der Waals surface area contributed by atoms with Gasteiger partial charge in [-0.1, -0.05) is 6.07 Å². The number of benzene rings is 1. The molecule has 1 aliphatic heterocycles. The minimum atomic E-state index is -0.384. The first-order chi connectivity index (χ1) is 8.18. The van der Waals surface area contributed by atoms with E-state index in [1.807, 2.05) is 0 Å². The zero-order valence-electron chi connectivity index (χ0n) is 9.35. The minimum absolute atomic E-state index is 0.0870. The van der Waals surface area contributed by atoms with Crippen LogP contribution in [0.5, 0.6) is 11.5 Å². The molecule has 2 rings (SSSR count). The van der Waals surface area contributed by atoms with E-state index in [9.17, 15) is 15.0 Å². The van der Waals surface area contributed by atoms with Crippen LogP contribution >= 0.6 is 0 Å². The summed E-state index contributed by atoms with van der Waals surface area (Å²) >= 11 is 0. The maximum absolute atomic E-state index is 11.8. The topological polar surface area (TPSA) is 78.8 Å². The van der Waals surface area contributed by atoms with E-state index in [0.717, 1.165) is 13.0 Å². The van der Waals surface area contributed by atoms with Crippen LogP contribution in [0.1, 0.15) is 16.8 Å². The van der Waals surface area contributed by atoms with Gasteiger partial charge >= 0.3 is 0 Å². The van der Waals surface area contributed by atoms with Gasteiger partial charge in [0.25, 0.3) is 5.91 Å². The lowest BCUT2D eigenvalue weighted by molar-refractivity contribution is 0.0941. The van der Waals surface area contributed by atoms with Gasteiger partial charge in [0.1, 0.15) is 0 Å². The lowest BCUT2D eigenvalue weighted by Gasteiger charge is -2.10. The molecule has 3 N–H and O–H groups in total. The molecule has 1 atom stereocenters. The first kappa shape index (κ1) is 11.7. The van der Waals surface area contributed by atoms with Crippen LogP contribution in [0.3, 0.4) is 0 Å². The van der Waals surface area contributed by atoms with Crippen molar-refractivity contribution in [3.63, 3.8) is 0 Å². The van der Waals surface area contributed by atoms with E-state index in [2.05, 4.69) is 5.32 Å². The molecule has 1 saturated heterocycles. The number of hydrogen-bond donors (Lipinski definition) is 3. The van der Waals surface area contributed by atoms with Crippen molar-refractivity contribution < 1.29 is 19.7 Å². The number of ether oxygens (including phenoxy) is 1. The third-order valence-electron chi connectivity index (χ3n) is 2.83. The standard InChI is InChI=1S/C12H15NO4/c14-10-3-1-2-9(11(10)15)12(16)13-6-8-4-5-17-7-8/h1-3,8,14-15H,4-7H2,(H,13,16). The average molecular weight is 237 g/mol. The number of carbonyl (C=O) groups excluding carboxylic acids is 1. The van der Waals surface area contributed by atoms with E-state index in [0.29, 0.717) is 19.1 Å². The van der Waals surface area contributed by atoms with Crippen LogP contribution in [-0.4, -0.2) is 35.9 Å². The summed E-state index contributed by atoms with van der Waals surface area (Å²) in [6.07, 6.45) is 0.937. The molecule has 1 unspecified atom stereocenters. The Labute approximate surface area is 99.0 Å². The number of phenolic OH excluding ortho intramolecular Hbond substituents is 2. The maximum atomic E-state index is 11.8. The molecule has 5 heteroatoms. The SMILES string of the molecule is O=C(NCC1CCOC1)c1cccc(O)c1O. The van der Waals surface area contributed by atoms with Gasteiger partial charge in [0.15, 0.2) is 11.5 Å². The fourth-order valence-corrected chi connectivity index (χ4v) is 1.79. The van der Waals surface area contributed by atoms with Crippen molar-refractivity contribution in [1.82, 2.24) is 5.32 Å². The van der Waals surface area contributed by atoms with E-state index in [-0.39, 0.29) is 23.0 Å². The van der Waals surface area contributed by atoms with Gasteiger partial charge in [-0.05, 0) is 18.6 Å². The Balaban J connectivity index is 1.97. The van der Waals surface area contributed by atoms with Crippen molar-refractivity contribution in [3.05, 3.63) is 23.8 Å². The van der Waals surface area contributed by atoms with Crippen molar-refractivity contribution in [2.75, 3.05) is 19.8 Å². The molecule has 1 aromatic carbocycles. The molecule has 1 fully saturated rings. The van der Waals surface area contributed by atoms with Gasteiger partial charge in [-0.3, -0.25) is 4.79 Å². The van der Waals surface area contributed by atoms with Gasteiger partial charge in [-0.2, -0.15) is 0 Å². The summed E-state index contributed by atoms with van der Waals surface area (Å²) < 4.78 is 5.20. The lowest BCUT2D eigenvalue weighted by atomic mass is 10.1. The Hall–Kier alpha value is -1.75. The Kier molecular flexibility index (Phi) is 3.49. The molecule has 0 bridgehead atoms. The van der Waals surface area contributed by atoms with Crippen LogP contribution in [0, 0.1) is 5.92 Å². The zero-order chi connectivity index (χ0) is 12.3. The molecule has 1 aliphatic rings. The number of para-hydroxylation sites is 1. The minimum Gasteiger partial charge on any atom is -0.504 e. The van der Waals surface area contributed by atoms with Crippen LogP contribution in [0.25, 0.3) is 0 Å². The molecule has 0 radical (unpaired) electrons. The van der Waals surface area contributed by atoms with E-state index >= 15 is 0 Å². The van der Waals surface area contributed by atoms with Crippen LogP contribution < -0.4 is 5.32 Å². The molecular formula is C12H15NO4. The summed E-state index contributed by atoms with van der Waals surface area (Å²) in [5.74, 6) is -0.724. The molecule has 0 aliphatic carbocycles. The molecular weight excluding hydrogens is 222 g/mol. The predicted molar refractivity (Wildman–Crippen MR) is 61.0 cm³/mol. The summed E-state index contributed by atoms with van der Waals surface area (Å²) in [6, 6.07) is 4.31. The Morgan fingerprint density at radius 2 is 2.29 bits per heavy atom. The smallest absolute Gasteiger partial charge is 0.255 e. The second-order valence-electron chi connectivity index (χ2n) is 4.11.